The van der Waals surface area contributed by atoms with Crippen molar-refractivity contribution in [1.29, 1.82) is 0 Å². The maximum Gasteiger partial charge on any atom is 0.168 e. The topological polar surface area (TPSA) is 15.3 Å². The maximum absolute atomic E-state index is 5.46. The van der Waals surface area contributed by atoms with Gasteiger partial charge in [-0.05, 0) is 43.0 Å². The van der Waals surface area contributed by atoms with Crippen molar-refractivity contribution in [2.75, 3.05) is 19.6 Å². The lowest BCUT2D eigenvalue weighted by Gasteiger charge is -2.33. The van der Waals surface area contributed by atoms with Gasteiger partial charge in [-0.2, -0.15) is 0 Å². The third-order valence-electron chi connectivity index (χ3n) is 3.48. The summed E-state index contributed by atoms with van der Waals surface area (Å²) in [6, 6.07) is 10.5. The van der Waals surface area contributed by atoms with Crippen LogP contribution in [0.4, 0.5) is 0 Å². The van der Waals surface area contributed by atoms with Crippen molar-refractivity contribution in [1.82, 2.24) is 10.2 Å². The van der Waals surface area contributed by atoms with Crippen LogP contribution >= 0.6 is 12.2 Å². The Balaban J connectivity index is 1.71. The molecular weight excluding hydrogens is 240 g/mol. The van der Waals surface area contributed by atoms with Crippen LogP contribution in [-0.4, -0.2) is 29.6 Å². The quantitative estimate of drug-likeness (QED) is 0.843. The molecule has 1 aromatic carbocycles. The van der Waals surface area contributed by atoms with E-state index in [2.05, 4.69) is 47.5 Å². The molecular formula is C15H22N2S. The number of nitrogens with zero attached hydrogens (tertiary/aromatic N) is 1. The van der Waals surface area contributed by atoms with Gasteiger partial charge in [-0.3, -0.25) is 0 Å². The number of rotatable bonds is 3. The molecule has 1 aromatic rings. The molecule has 0 spiro atoms. The van der Waals surface area contributed by atoms with Gasteiger partial charge < -0.3 is 10.2 Å². The van der Waals surface area contributed by atoms with E-state index in [0.29, 0.717) is 0 Å². The Morgan fingerprint density at radius 1 is 1.39 bits per heavy atom. The fourth-order valence-corrected chi connectivity index (χ4v) is 2.71. The average molecular weight is 262 g/mol. The highest BCUT2D eigenvalue weighted by Gasteiger charge is 2.17. The maximum atomic E-state index is 5.46. The molecule has 0 saturated carbocycles. The zero-order chi connectivity index (χ0) is 12.8. The molecule has 1 saturated heterocycles. The molecule has 0 radical (unpaired) electrons. The summed E-state index contributed by atoms with van der Waals surface area (Å²) in [4.78, 5) is 2.31. The number of nitrogens with one attached hydrogen (secondary N) is 1. The van der Waals surface area contributed by atoms with Gasteiger partial charge in [0.05, 0.1) is 0 Å². The predicted molar refractivity (Wildman–Crippen MR) is 80.7 cm³/mol. The van der Waals surface area contributed by atoms with E-state index in [-0.39, 0.29) is 0 Å². The van der Waals surface area contributed by atoms with E-state index in [1.165, 1.54) is 18.4 Å². The summed E-state index contributed by atoms with van der Waals surface area (Å²) in [5.41, 5.74) is 1.36. The fraction of sp³-hybridized carbons (Fsp3) is 0.533. The van der Waals surface area contributed by atoms with Crippen LogP contribution < -0.4 is 5.32 Å². The van der Waals surface area contributed by atoms with Gasteiger partial charge in [0.1, 0.15) is 0 Å². The van der Waals surface area contributed by atoms with Crippen molar-refractivity contribution in [2.45, 2.75) is 26.2 Å². The van der Waals surface area contributed by atoms with Crippen LogP contribution in [0.3, 0.4) is 0 Å². The molecule has 2 nitrogen and oxygen atoms in total. The van der Waals surface area contributed by atoms with Crippen molar-refractivity contribution in [2.24, 2.45) is 5.92 Å². The average Bonchev–Trinajstić information content (AvgIpc) is 2.40. The van der Waals surface area contributed by atoms with E-state index in [4.69, 9.17) is 12.2 Å². The van der Waals surface area contributed by atoms with E-state index in [9.17, 15) is 0 Å². The molecule has 1 N–H and O–H groups in total. The van der Waals surface area contributed by atoms with Gasteiger partial charge in [0.15, 0.2) is 5.11 Å². The van der Waals surface area contributed by atoms with Gasteiger partial charge in [0.25, 0.3) is 0 Å². The van der Waals surface area contributed by atoms with Crippen LogP contribution in [0, 0.1) is 5.92 Å². The Morgan fingerprint density at radius 3 is 2.89 bits per heavy atom. The highest BCUT2D eigenvalue weighted by Crippen LogP contribution is 2.15. The Hall–Kier alpha value is -1.09. The SMILES string of the molecule is C[C@@H]1CCCN(C(=S)NCCc2ccccc2)C1. The van der Waals surface area contributed by atoms with E-state index < -0.39 is 0 Å². The van der Waals surface area contributed by atoms with Gasteiger partial charge in [0, 0.05) is 19.6 Å². The number of piperidine rings is 1. The molecule has 1 fully saturated rings. The zero-order valence-corrected chi connectivity index (χ0v) is 11.9. The molecule has 2 rings (SSSR count). The Kier molecular flexibility index (Phi) is 5.00. The summed E-state index contributed by atoms with van der Waals surface area (Å²) < 4.78 is 0. The monoisotopic (exact) mass is 262 g/mol. The fourth-order valence-electron chi connectivity index (χ4n) is 2.44. The van der Waals surface area contributed by atoms with Gasteiger partial charge in [-0.25, -0.2) is 0 Å². The molecule has 1 aliphatic rings. The summed E-state index contributed by atoms with van der Waals surface area (Å²) in [6.45, 7) is 5.45. The minimum atomic E-state index is 0.771. The van der Waals surface area contributed by atoms with Gasteiger partial charge in [0.2, 0.25) is 0 Å². The standard InChI is InChI=1S/C15H22N2S/c1-13-6-5-11-17(12-13)15(18)16-10-9-14-7-3-2-4-8-14/h2-4,7-8,13H,5-6,9-12H2,1H3,(H,16,18)/t13-/m1/s1. The lowest BCUT2D eigenvalue weighted by Crippen LogP contribution is -2.45. The van der Waals surface area contributed by atoms with Crippen molar-refractivity contribution in [3.05, 3.63) is 35.9 Å². The number of hydrogen-bond acceptors (Lipinski definition) is 1. The van der Waals surface area contributed by atoms with E-state index in [1.54, 1.807) is 0 Å². The molecule has 18 heavy (non-hydrogen) atoms. The zero-order valence-electron chi connectivity index (χ0n) is 11.1. The van der Waals surface area contributed by atoms with E-state index in [1.807, 2.05) is 0 Å². The van der Waals surface area contributed by atoms with Crippen molar-refractivity contribution in [3.63, 3.8) is 0 Å². The molecule has 0 bridgehead atoms. The Labute approximate surface area is 115 Å². The smallest absolute Gasteiger partial charge is 0.168 e. The molecule has 98 valence electrons. The number of likely N-dealkylation sites (tertiary alicyclic amines) is 1. The second kappa shape index (κ2) is 6.74. The van der Waals surface area contributed by atoms with Gasteiger partial charge in [-0.15, -0.1) is 0 Å². The summed E-state index contributed by atoms with van der Waals surface area (Å²) in [6.07, 6.45) is 3.63. The molecule has 0 aromatic heterocycles. The first-order valence-electron chi connectivity index (χ1n) is 6.82. The summed E-state index contributed by atoms with van der Waals surface area (Å²) in [7, 11) is 0. The second-order valence-electron chi connectivity index (χ2n) is 5.16. The number of benzene rings is 1. The summed E-state index contributed by atoms with van der Waals surface area (Å²) >= 11 is 5.46. The highest BCUT2D eigenvalue weighted by molar-refractivity contribution is 7.80. The van der Waals surface area contributed by atoms with Gasteiger partial charge >= 0.3 is 0 Å². The van der Waals surface area contributed by atoms with Crippen LogP contribution in [0.5, 0.6) is 0 Å². The normalized spacial score (nSPS) is 19.6. The molecule has 0 aliphatic carbocycles. The Bertz CT molecular complexity index is 377. The summed E-state index contributed by atoms with van der Waals surface area (Å²) in [5.74, 6) is 0.771. The van der Waals surface area contributed by atoms with Crippen LogP contribution in [0.15, 0.2) is 30.3 Å². The lowest BCUT2D eigenvalue weighted by atomic mass is 10.0. The minimum absolute atomic E-state index is 0.771. The third-order valence-corrected chi connectivity index (χ3v) is 3.88. The third kappa shape index (κ3) is 3.98. The molecule has 1 heterocycles. The Morgan fingerprint density at radius 2 is 2.17 bits per heavy atom. The molecule has 1 atom stereocenters. The first kappa shape index (κ1) is 13.3. The molecule has 1 aliphatic heterocycles. The number of hydrogen-bond donors (Lipinski definition) is 1. The minimum Gasteiger partial charge on any atom is -0.362 e. The van der Waals surface area contributed by atoms with Crippen LogP contribution in [-0.2, 0) is 6.42 Å². The first-order valence-corrected chi connectivity index (χ1v) is 7.23. The van der Waals surface area contributed by atoms with Crippen LogP contribution in [0.2, 0.25) is 0 Å². The van der Waals surface area contributed by atoms with Crippen molar-refractivity contribution >= 4 is 17.3 Å². The summed E-state index contributed by atoms with van der Waals surface area (Å²) in [5, 5.41) is 4.31. The first-order chi connectivity index (χ1) is 8.75. The van der Waals surface area contributed by atoms with E-state index in [0.717, 1.165) is 37.1 Å². The van der Waals surface area contributed by atoms with E-state index >= 15 is 0 Å². The van der Waals surface area contributed by atoms with Crippen molar-refractivity contribution in [3.8, 4) is 0 Å². The van der Waals surface area contributed by atoms with Crippen molar-refractivity contribution < 1.29 is 0 Å². The van der Waals surface area contributed by atoms with Crippen LogP contribution in [0.25, 0.3) is 0 Å². The largest absolute Gasteiger partial charge is 0.362 e. The molecule has 3 heteroatoms. The molecule has 0 unspecified atom stereocenters. The second-order valence-corrected chi connectivity index (χ2v) is 5.55. The van der Waals surface area contributed by atoms with Crippen LogP contribution in [0.1, 0.15) is 25.3 Å². The molecule has 0 amide bonds. The van der Waals surface area contributed by atoms with Gasteiger partial charge in [-0.1, -0.05) is 37.3 Å². The number of thiocarbonyl (C=S) groups is 1. The lowest BCUT2D eigenvalue weighted by molar-refractivity contribution is 0.270. The highest BCUT2D eigenvalue weighted by atomic mass is 32.1. The predicted octanol–water partition coefficient (Wildman–Crippen LogP) is 2.84.